The van der Waals surface area contributed by atoms with E-state index in [4.69, 9.17) is 5.73 Å². The Morgan fingerprint density at radius 1 is 1.08 bits per heavy atom. The summed E-state index contributed by atoms with van der Waals surface area (Å²) in [4.78, 5) is 24.2. The van der Waals surface area contributed by atoms with Gasteiger partial charge in [0.2, 0.25) is 0 Å². The van der Waals surface area contributed by atoms with Crippen LogP contribution in [-0.4, -0.2) is 30.6 Å². The molecule has 5 N–H and O–H groups in total. The minimum atomic E-state index is -0.257. The molecule has 0 bridgehead atoms. The Morgan fingerprint density at radius 3 is 2.23 bits per heavy atom. The molecule has 1 aromatic rings. The molecule has 0 aliphatic heterocycles. The molecule has 7 heteroatoms. The third-order valence-electron chi connectivity index (χ3n) is 4.61. The summed E-state index contributed by atoms with van der Waals surface area (Å²) < 4.78 is 0. The molecule has 0 saturated heterocycles. The third kappa shape index (κ3) is 6.84. The van der Waals surface area contributed by atoms with Crippen molar-refractivity contribution in [1.82, 2.24) is 10.6 Å². The lowest BCUT2D eigenvalue weighted by molar-refractivity contribution is 0.0915. The summed E-state index contributed by atoms with van der Waals surface area (Å²) in [6.07, 6.45) is 5.98. The molecule has 26 heavy (non-hydrogen) atoms. The first-order valence-corrected chi connectivity index (χ1v) is 9.18. The minimum absolute atomic E-state index is 0. The molecular weight excluding hydrogens is 352 g/mol. The van der Waals surface area contributed by atoms with Crippen LogP contribution in [0.25, 0.3) is 0 Å². The van der Waals surface area contributed by atoms with Gasteiger partial charge in [-0.25, -0.2) is 4.79 Å². The fourth-order valence-electron chi connectivity index (χ4n) is 3.29. The van der Waals surface area contributed by atoms with E-state index in [2.05, 4.69) is 16.0 Å². The van der Waals surface area contributed by atoms with E-state index in [0.717, 1.165) is 12.8 Å². The van der Waals surface area contributed by atoms with Gasteiger partial charge in [-0.1, -0.05) is 19.3 Å². The van der Waals surface area contributed by atoms with E-state index in [1.165, 1.54) is 19.3 Å². The van der Waals surface area contributed by atoms with Gasteiger partial charge in [0, 0.05) is 29.9 Å². The number of benzene rings is 1. The first-order chi connectivity index (χ1) is 12.0. The molecule has 1 unspecified atom stereocenters. The molecule has 1 fully saturated rings. The van der Waals surface area contributed by atoms with Crippen LogP contribution in [0, 0.1) is 5.92 Å². The predicted octanol–water partition coefficient (Wildman–Crippen LogP) is 3.28. The SMILES string of the molecule is CC(C)NC(=O)Nc1ccc(C(=O)NC(CN)C2CCCCC2)cc1.Cl. The van der Waals surface area contributed by atoms with E-state index in [9.17, 15) is 9.59 Å². The van der Waals surface area contributed by atoms with Gasteiger partial charge < -0.3 is 21.7 Å². The van der Waals surface area contributed by atoms with Crippen LogP contribution in [0.5, 0.6) is 0 Å². The van der Waals surface area contributed by atoms with Gasteiger partial charge >= 0.3 is 6.03 Å². The molecular formula is C19H31ClN4O2. The molecule has 6 nitrogen and oxygen atoms in total. The maximum atomic E-state index is 12.5. The fraction of sp³-hybridized carbons (Fsp3) is 0.579. The van der Waals surface area contributed by atoms with Gasteiger partial charge in [0.15, 0.2) is 0 Å². The lowest BCUT2D eigenvalue weighted by atomic mass is 9.84. The van der Waals surface area contributed by atoms with E-state index in [1.807, 2.05) is 13.8 Å². The van der Waals surface area contributed by atoms with E-state index >= 15 is 0 Å². The van der Waals surface area contributed by atoms with Gasteiger partial charge in [-0.05, 0) is 56.9 Å². The van der Waals surface area contributed by atoms with Crippen LogP contribution >= 0.6 is 12.4 Å². The molecule has 1 aliphatic rings. The number of carbonyl (C=O) groups is 2. The Morgan fingerprint density at radius 2 is 1.69 bits per heavy atom. The van der Waals surface area contributed by atoms with Crippen molar-refractivity contribution >= 4 is 30.0 Å². The Bertz CT molecular complexity index is 571. The van der Waals surface area contributed by atoms with Gasteiger partial charge in [0.25, 0.3) is 5.91 Å². The monoisotopic (exact) mass is 382 g/mol. The highest BCUT2D eigenvalue weighted by Crippen LogP contribution is 2.26. The molecule has 1 aliphatic carbocycles. The average Bonchev–Trinajstić information content (AvgIpc) is 2.60. The van der Waals surface area contributed by atoms with Gasteiger partial charge in [-0.15, -0.1) is 12.4 Å². The van der Waals surface area contributed by atoms with Crippen molar-refractivity contribution in [1.29, 1.82) is 0 Å². The molecule has 2 rings (SSSR count). The van der Waals surface area contributed by atoms with Gasteiger partial charge in [0.05, 0.1) is 0 Å². The van der Waals surface area contributed by atoms with Crippen LogP contribution < -0.4 is 21.7 Å². The predicted molar refractivity (Wildman–Crippen MR) is 108 cm³/mol. The second-order valence-corrected chi connectivity index (χ2v) is 7.04. The summed E-state index contributed by atoms with van der Waals surface area (Å²) in [6, 6.07) is 6.73. The molecule has 0 radical (unpaired) electrons. The molecule has 0 spiro atoms. The van der Waals surface area contributed by atoms with Crippen molar-refractivity contribution in [3.63, 3.8) is 0 Å². The fourth-order valence-corrected chi connectivity index (χ4v) is 3.29. The maximum Gasteiger partial charge on any atom is 0.319 e. The van der Waals surface area contributed by atoms with Gasteiger partial charge in [0.1, 0.15) is 0 Å². The number of hydrogen-bond donors (Lipinski definition) is 4. The number of halogens is 1. The molecule has 0 aromatic heterocycles. The smallest absolute Gasteiger partial charge is 0.319 e. The summed E-state index contributed by atoms with van der Waals surface area (Å²) in [5.41, 5.74) is 7.10. The number of carbonyl (C=O) groups excluding carboxylic acids is 2. The van der Waals surface area contributed by atoms with Crippen molar-refractivity contribution in [3.8, 4) is 0 Å². The van der Waals surface area contributed by atoms with E-state index in [0.29, 0.717) is 23.7 Å². The number of urea groups is 1. The molecule has 146 valence electrons. The van der Waals surface area contributed by atoms with E-state index in [1.54, 1.807) is 24.3 Å². The third-order valence-corrected chi connectivity index (χ3v) is 4.61. The Balaban J connectivity index is 0.00000338. The Hall–Kier alpha value is -1.79. The summed E-state index contributed by atoms with van der Waals surface area (Å²) in [5.74, 6) is 0.363. The average molecular weight is 383 g/mol. The first-order valence-electron chi connectivity index (χ1n) is 9.18. The van der Waals surface area contributed by atoms with Gasteiger partial charge in [-0.2, -0.15) is 0 Å². The zero-order valence-corrected chi connectivity index (χ0v) is 16.4. The minimum Gasteiger partial charge on any atom is -0.348 e. The van der Waals surface area contributed by atoms with Crippen LogP contribution in [-0.2, 0) is 0 Å². The number of amides is 3. The highest BCUT2D eigenvalue weighted by Gasteiger charge is 2.24. The second kappa shape index (κ2) is 11.0. The number of rotatable bonds is 6. The normalized spacial score (nSPS) is 15.7. The van der Waals surface area contributed by atoms with Crippen molar-refractivity contribution in [2.45, 2.75) is 58.0 Å². The second-order valence-electron chi connectivity index (χ2n) is 7.04. The summed E-state index contributed by atoms with van der Waals surface area (Å²) >= 11 is 0. The van der Waals surface area contributed by atoms with E-state index in [-0.39, 0.29) is 36.4 Å². The number of nitrogens with two attached hydrogens (primary N) is 1. The van der Waals surface area contributed by atoms with Gasteiger partial charge in [-0.3, -0.25) is 4.79 Å². The van der Waals surface area contributed by atoms with Crippen molar-refractivity contribution in [2.75, 3.05) is 11.9 Å². The van der Waals surface area contributed by atoms with Crippen LogP contribution in [0.3, 0.4) is 0 Å². The summed E-state index contributed by atoms with van der Waals surface area (Å²) in [6.45, 7) is 4.26. The van der Waals surface area contributed by atoms with Crippen LogP contribution in [0.4, 0.5) is 10.5 Å². The number of nitrogens with one attached hydrogen (secondary N) is 3. The number of hydrogen-bond acceptors (Lipinski definition) is 3. The zero-order chi connectivity index (χ0) is 18.2. The molecule has 1 aromatic carbocycles. The topological polar surface area (TPSA) is 96.2 Å². The molecule has 3 amide bonds. The van der Waals surface area contributed by atoms with Crippen LogP contribution in [0.2, 0.25) is 0 Å². The standard InChI is InChI=1S/C19H30N4O2.ClH/c1-13(2)21-19(25)22-16-10-8-15(9-11-16)18(24)23-17(12-20)14-6-4-3-5-7-14;/h8-11,13-14,17H,3-7,12,20H2,1-2H3,(H,23,24)(H2,21,22,25);1H. The number of anilines is 1. The van der Waals surface area contributed by atoms with Crippen LogP contribution in [0.1, 0.15) is 56.3 Å². The molecule has 1 saturated carbocycles. The summed E-state index contributed by atoms with van der Waals surface area (Å²) in [7, 11) is 0. The Kier molecular flexibility index (Phi) is 9.44. The summed E-state index contributed by atoms with van der Waals surface area (Å²) in [5, 5.41) is 8.57. The first kappa shape index (κ1) is 22.3. The van der Waals surface area contributed by atoms with Crippen molar-refractivity contribution in [2.24, 2.45) is 11.7 Å². The van der Waals surface area contributed by atoms with Crippen molar-refractivity contribution < 1.29 is 9.59 Å². The maximum absolute atomic E-state index is 12.5. The molecule has 1 atom stereocenters. The lowest BCUT2D eigenvalue weighted by Crippen LogP contribution is -2.45. The highest BCUT2D eigenvalue weighted by atomic mass is 35.5. The largest absolute Gasteiger partial charge is 0.348 e. The molecule has 0 heterocycles. The van der Waals surface area contributed by atoms with E-state index < -0.39 is 0 Å². The Labute approximate surface area is 162 Å². The zero-order valence-electron chi connectivity index (χ0n) is 15.6. The highest BCUT2D eigenvalue weighted by molar-refractivity contribution is 5.95. The lowest BCUT2D eigenvalue weighted by Gasteiger charge is -2.30. The van der Waals surface area contributed by atoms with Crippen LogP contribution in [0.15, 0.2) is 24.3 Å². The quantitative estimate of drug-likeness (QED) is 0.607. The van der Waals surface area contributed by atoms with Crippen molar-refractivity contribution in [3.05, 3.63) is 29.8 Å².